The van der Waals surface area contributed by atoms with E-state index < -0.39 is 0 Å². The molecule has 134 valence electrons. The summed E-state index contributed by atoms with van der Waals surface area (Å²) in [6, 6.07) is 0. The fraction of sp³-hybridized carbons (Fsp3) is 1.00. The average Bonchev–Trinajstić information content (AvgIpc) is 2.60. The molecule has 0 amide bonds. The molecular formula is C19H43N3. The molecule has 0 saturated carbocycles. The van der Waals surface area contributed by atoms with E-state index >= 15 is 0 Å². The lowest BCUT2D eigenvalue weighted by atomic mass is 9.96. The summed E-state index contributed by atoms with van der Waals surface area (Å²) in [5.74, 6) is 0.961. The fourth-order valence-corrected chi connectivity index (χ4v) is 3.19. The number of hydrogen-bond donors (Lipinski definition) is 0. The lowest BCUT2D eigenvalue weighted by Crippen LogP contribution is -2.48. The van der Waals surface area contributed by atoms with E-state index in [1.165, 1.54) is 78.0 Å². The van der Waals surface area contributed by atoms with Crippen molar-refractivity contribution in [3.05, 3.63) is 0 Å². The second-order valence-electron chi connectivity index (χ2n) is 6.24. The molecule has 22 heavy (non-hydrogen) atoms. The maximum absolute atomic E-state index is 2.71. The summed E-state index contributed by atoms with van der Waals surface area (Å²) in [6.07, 6.45) is 5.52. The van der Waals surface area contributed by atoms with Crippen LogP contribution in [0.2, 0.25) is 0 Å². The molecule has 0 N–H and O–H groups in total. The second kappa shape index (κ2) is 14.5. The van der Waals surface area contributed by atoms with Gasteiger partial charge in [0.05, 0.1) is 0 Å². The van der Waals surface area contributed by atoms with Crippen LogP contribution in [0.15, 0.2) is 0 Å². The van der Waals surface area contributed by atoms with Gasteiger partial charge in [-0.15, -0.1) is 0 Å². The Balaban J connectivity index is 0.00000102. The maximum Gasteiger partial charge on any atom is 0.0110 e. The molecule has 0 bridgehead atoms. The van der Waals surface area contributed by atoms with Gasteiger partial charge in [0.15, 0.2) is 0 Å². The number of unbranched alkanes of at least 4 members (excludes halogenated alkanes) is 1. The minimum absolute atomic E-state index is 0.961. The first-order chi connectivity index (χ1) is 10.8. The van der Waals surface area contributed by atoms with Crippen LogP contribution >= 0.6 is 0 Å². The van der Waals surface area contributed by atoms with Crippen LogP contribution in [0.1, 0.15) is 60.3 Å². The van der Waals surface area contributed by atoms with Crippen LogP contribution in [-0.4, -0.2) is 74.1 Å². The van der Waals surface area contributed by atoms with Gasteiger partial charge in [0.2, 0.25) is 0 Å². The standard InChI is InChI=1S/C15H31N3.2C2H6/c1-3-4-7-17-10-12-18(13-11-17)14-15-5-8-16(2)9-6-15;2*1-2/h15H,3-14H2,1-2H3;2*1-2H3. The third-order valence-electron chi connectivity index (χ3n) is 4.65. The van der Waals surface area contributed by atoms with Crippen molar-refractivity contribution in [1.29, 1.82) is 0 Å². The Labute approximate surface area is 141 Å². The number of hydrogen-bond acceptors (Lipinski definition) is 3. The smallest absolute Gasteiger partial charge is 0.0110 e. The molecule has 0 aromatic heterocycles. The summed E-state index contributed by atoms with van der Waals surface area (Å²) in [5.41, 5.74) is 0. The Bertz CT molecular complexity index is 217. The Kier molecular flexibility index (Phi) is 14.4. The van der Waals surface area contributed by atoms with Crippen LogP contribution in [0.5, 0.6) is 0 Å². The maximum atomic E-state index is 2.71. The normalized spacial score (nSPS) is 21.5. The molecule has 0 radical (unpaired) electrons. The largest absolute Gasteiger partial charge is 0.306 e. The second-order valence-corrected chi connectivity index (χ2v) is 6.24. The van der Waals surface area contributed by atoms with E-state index in [-0.39, 0.29) is 0 Å². The highest BCUT2D eigenvalue weighted by molar-refractivity contribution is 4.77. The van der Waals surface area contributed by atoms with Crippen LogP contribution in [0.25, 0.3) is 0 Å². The summed E-state index contributed by atoms with van der Waals surface area (Å²) < 4.78 is 0. The van der Waals surface area contributed by atoms with Crippen molar-refractivity contribution in [1.82, 2.24) is 14.7 Å². The molecule has 0 aliphatic carbocycles. The van der Waals surface area contributed by atoms with E-state index in [0.717, 1.165) is 5.92 Å². The number of piperidine rings is 1. The molecule has 2 aliphatic heterocycles. The Morgan fingerprint density at radius 3 is 1.77 bits per heavy atom. The lowest BCUT2D eigenvalue weighted by molar-refractivity contribution is 0.0992. The van der Waals surface area contributed by atoms with Gasteiger partial charge in [-0.05, 0) is 51.9 Å². The average molecular weight is 314 g/mol. The van der Waals surface area contributed by atoms with Crippen molar-refractivity contribution in [3.8, 4) is 0 Å². The molecule has 0 atom stereocenters. The summed E-state index contributed by atoms with van der Waals surface area (Å²) >= 11 is 0. The Morgan fingerprint density at radius 2 is 1.27 bits per heavy atom. The third-order valence-corrected chi connectivity index (χ3v) is 4.65. The van der Waals surface area contributed by atoms with Gasteiger partial charge < -0.3 is 14.7 Å². The molecule has 2 heterocycles. The number of likely N-dealkylation sites (tertiary alicyclic amines) is 1. The number of nitrogens with zero attached hydrogens (tertiary/aromatic N) is 3. The van der Waals surface area contributed by atoms with E-state index in [4.69, 9.17) is 0 Å². The van der Waals surface area contributed by atoms with E-state index in [1.54, 1.807) is 0 Å². The minimum Gasteiger partial charge on any atom is -0.306 e. The molecule has 2 saturated heterocycles. The summed E-state index contributed by atoms with van der Waals surface area (Å²) in [6.45, 7) is 20.8. The van der Waals surface area contributed by atoms with Gasteiger partial charge in [0, 0.05) is 32.7 Å². The highest BCUT2D eigenvalue weighted by atomic mass is 15.3. The van der Waals surface area contributed by atoms with E-state index in [1.807, 2.05) is 27.7 Å². The quantitative estimate of drug-likeness (QED) is 0.764. The van der Waals surface area contributed by atoms with Gasteiger partial charge in [-0.1, -0.05) is 41.0 Å². The van der Waals surface area contributed by atoms with Crippen LogP contribution in [0.4, 0.5) is 0 Å². The fourth-order valence-electron chi connectivity index (χ4n) is 3.19. The van der Waals surface area contributed by atoms with Gasteiger partial charge in [0.1, 0.15) is 0 Å². The predicted octanol–water partition coefficient (Wildman–Crippen LogP) is 3.80. The van der Waals surface area contributed by atoms with E-state index in [0.29, 0.717) is 0 Å². The third kappa shape index (κ3) is 9.12. The first kappa shape index (κ1) is 21.9. The molecule has 3 nitrogen and oxygen atoms in total. The zero-order valence-corrected chi connectivity index (χ0v) is 16.4. The minimum atomic E-state index is 0.961. The summed E-state index contributed by atoms with van der Waals surface area (Å²) in [7, 11) is 2.25. The monoisotopic (exact) mass is 313 g/mol. The Hall–Kier alpha value is -0.120. The molecule has 3 heteroatoms. The molecule has 0 aromatic carbocycles. The molecule has 2 fully saturated rings. The van der Waals surface area contributed by atoms with Gasteiger partial charge in [0.25, 0.3) is 0 Å². The van der Waals surface area contributed by atoms with Crippen LogP contribution in [0, 0.1) is 5.92 Å². The van der Waals surface area contributed by atoms with Crippen molar-refractivity contribution < 1.29 is 0 Å². The van der Waals surface area contributed by atoms with E-state index in [9.17, 15) is 0 Å². The highest BCUT2D eigenvalue weighted by Gasteiger charge is 2.22. The topological polar surface area (TPSA) is 9.72 Å². The van der Waals surface area contributed by atoms with E-state index in [2.05, 4.69) is 28.7 Å². The zero-order chi connectivity index (χ0) is 16.8. The zero-order valence-electron chi connectivity index (χ0n) is 16.4. The van der Waals surface area contributed by atoms with Crippen molar-refractivity contribution in [3.63, 3.8) is 0 Å². The predicted molar refractivity (Wildman–Crippen MR) is 101 cm³/mol. The number of rotatable bonds is 5. The van der Waals surface area contributed by atoms with Gasteiger partial charge in [-0.3, -0.25) is 0 Å². The first-order valence-electron chi connectivity index (χ1n) is 9.91. The van der Waals surface area contributed by atoms with Crippen molar-refractivity contribution in [2.24, 2.45) is 5.92 Å². The summed E-state index contributed by atoms with van der Waals surface area (Å²) in [4.78, 5) is 7.83. The van der Waals surface area contributed by atoms with Crippen molar-refractivity contribution in [2.75, 3.05) is 59.4 Å². The molecule has 0 aromatic rings. The van der Waals surface area contributed by atoms with Crippen LogP contribution in [-0.2, 0) is 0 Å². The Morgan fingerprint density at radius 1 is 0.773 bits per heavy atom. The van der Waals surface area contributed by atoms with Gasteiger partial charge in [-0.2, -0.15) is 0 Å². The molecule has 0 spiro atoms. The molecule has 2 aliphatic rings. The van der Waals surface area contributed by atoms with Gasteiger partial charge in [-0.25, -0.2) is 0 Å². The van der Waals surface area contributed by atoms with Crippen molar-refractivity contribution >= 4 is 0 Å². The highest BCUT2D eigenvalue weighted by Crippen LogP contribution is 2.18. The van der Waals surface area contributed by atoms with Crippen molar-refractivity contribution in [2.45, 2.75) is 60.3 Å². The van der Waals surface area contributed by atoms with Crippen LogP contribution < -0.4 is 0 Å². The first-order valence-corrected chi connectivity index (χ1v) is 9.91. The SMILES string of the molecule is CC.CC.CCCCN1CCN(CC2CCN(C)CC2)CC1. The lowest BCUT2D eigenvalue weighted by Gasteiger charge is -2.38. The van der Waals surface area contributed by atoms with Gasteiger partial charge >= 0.3 is 0 Å². The van der Waals surface area contributed by atoms with Crippen LogP contribution in [0.3, 0.4) is 0 Å². The molecular weight excluding hydrogens is 270 g/mol. The molecule has 2 rings (SSSR count). The summed E-state index contributed by atoms with van der Waals surface area (Å²) in [5, 5.41) is 0. The molecule has 0 unspecified atom stereocenters. The number of piperazine rings is 1.